The van der Waals surface area contributed by atoms with Crippen molar-refractivity contribution in [3.05, 3.63) is 29.8 Å². The van der Waals surface area contributed by atoms with Gasteiger partial charge in [0.25, 0.3) is 0 Å². The van der Waals surface area contributed by atoms with E-state index in [1.54, 1.807) is 0 Å². The van der Waals surface area contributed by atoms with Crippen LogP contribution >= 0.6 is 12.4 Å². The molecule has 0 aliphatic heterocycles. The smallest absolute Gasteiger partial charge is 0.122 e. The maximum absolute atomic E-state index is 5.82. The highest BCUT2D eigenvalue weighted by Gasteiger charge is 2.02. The van der Waals surface area contributed by atoms with Gasteiger partial charge in [0.15, 0.2) is 0 Å². The quantitative estimate of drug-likeness (QED) is 0.743. The summed E-state index contributed by atoms with van der Waals surface area (Å²) in [4.78, 5) is 2.37. The average Bonchev–Trinajstić information content (AvgIpc) is 2.35. The minimum absolute atomic E-state index is 0. The summed E-state index contributed by atoms with van der Waals surface area (Å²) in [5.41, 5.74) is 1.29. The van der Waals surface area contributed by atoms with Crippen molar-refractivity contribution in [2.24, 2.45) is 0 Å². The third-order valence-corrected chi connectivity index (χ3v) is 2.91. The Hall–Kier alpha value is -0.730. The van der Waals surface area contributed by atoms with Crippen LogP contribution in [0.25, 0.3) is 0 Å². The van der Waals surface area contributed by atoms with Crippen LogP contribution < -0.4 is 4.74 Å². The Morgan fingerprint density at radius 1 is 1.06 bits per heavy atom. The molecule has 0 aromatic heterocycles. The number of ether oxygens (including phenoxy) is 1. The molecule has 0 N–H and O–H groups in total. The van der Waals surface area contributed by atoms with Crippen molar-refractivity contribution in [2.75, 3.05) is 26.2 Å². The molecular weight excluding hydrogens is 234 g/mol. The number of nitrogens with zero attached hydrogens (tertiary/aromatic N) is 1. The Bertz CT molecular complexity index is 300. The van der Waals surface area contributed by atoms with Gasteiger partial charge in [-0.3, -0.25) is 0 Å². The van der Waals surface area contributed by atoms with Crippen LogP contribution in [0.3, 0.4) is 0 Å². The largest absolute Gasteiger partial charge is 0.492 e. The molecule has 1 aromatic carbocycles. The molecule has 98 valence electrons. The minimum atomic E-state index is 0. The Kier molecular flexibility index (Phi) is 8.92. The zero-order valence-electron chi connectivity index (χ0n) is 11.1. The Morgan fingerprint density at radius 2 is 1.71 bits per heavy atom. The van der Waals surface area contributed by atoms with E-state index in [9.17, 15) is 0 Å². The molecule has 0 radical (unpaired) electrons. The van der Waals surface area contributed by atoms with Crippen molar-refractivity contribution in [1.29, 1.82) is 0 Å². The molecule has 0 amide bonds. The topological polar surface area (TPSA) is 12.5 Å². The predicted molar refractivity (Wildman–Crippen MR) is 76.4 cm³/mol. The summed E-state index contributed by atoms with van der Waals surface area (Å²) in [5.74, 6) is 1.04. The number of para-hydroxylation sites is 1. The van der Waals surface area contributed by atoms with Crippen LogP contribution in [0.4, 0.5) is 0 Å². The third kappa shape index (κ3) is 5.42. The van der Waals surface area contributed by atoms with Gasteiger partial charge >= 0.3 is 0 Å². The Morgan fingerprint density at radius 3 is 2.29 bits per heavy atom. The molecule has 0 aliphatic carbocycles. The molecule has 3 heteroatoms. The first kappa shape index (κ1) is 16.3. The van der Waals surface area contributed by atoms with Crippen LogP contribution in [0.1, 0.15) is 26.3 Å². The molecule has 0 spiro atoms. The molecule has 17 heavy (non-hydrogen) atoms. The van der Waals surface area contributed by atoms with E-state index in [-0.39, 0.29) is 12.4 Å². The zero-order valence-corrected chi connectivity index (χ0v) is 11.9. The second kappa shape index (κ2) is 9.32. The number of halogens is 1. The van der Waals surface area contributed by atoms with Crippen molar-refractivity contribution in [3.8, 4) is 5.75 Å². The number of hydrogen-bond acceptors (Lipinski definition) is 2. The van der Waals surface area contributed by atoms with Crippen molar-refractivity contribution in [1.82, 2.24) is 4.90 Å². The lowest BCUT2D eigenvalue weighted by molar-refractivity contribution is 0.221. The lowest BCUT2D eigenvalue weighted by atomic mass is 10.1. The first-order valence-electron chi connectivity index (χ1n) is 6.24. The normalized spacial score (nSPS) is 10.1. The monoisotopic (exact) mass is 257 g/mol. The molecule has 1 rings (SSSR count). The van der Waals surface area contributed by atoms with E-state index in [4.69, 9.17) is 4.74 Å². The van der Waals surface area contributed by atoms with E-state index in [1.807, 2.05) is 6.07 Å². The lowest BCUT2D eigenvalue weighted by Crippen LogP contribution is -2.28. The van der Waals surface area contributed by atoms with E-state index < -0.39 is 0 Å². The molecule has 2 nitrogen and oxygen atoms in total. The summed E-state index contributed by atoms with van der Waals surface area (Å²) >= 11 is 0. The van der Waals surface area contributed by atoms with Crippen molar-refractivity contribution in [2.45, 2.75) is 27.2 Å². The maximum atomic E-state index is 5.82. The predicted octanol–water partition coefficient (Wildman–Crippen LogP) is 3.39. The number of benzene rings is 1. The van der Waals surface area contributed by atoms with Gasteiger partial charge in [-0.25, -0.2) is 0 Å². The number of aryl methyl sites for hydroxylation is 1. The second-order valence-corrected chi connectivity index (χ2v) is 3.84. The van der Waals surface area contributed by atoms with Gasteiger partial charge in [-0.2, -0.15) is 0 Å². The van der Waals surface area contributed by atoms with E-state index in [0.717, 1.165) is 38.4 Å². The van der Waals surface area contributed by atoms with Crippen molar-refractivity contribution < 1.29 is 4.74 Å². The van der Waals surface area contributed by atoms with E-state index in [1.165, 1.54) is 5.56 Å². The van der Waals surface area contributed by atoms with E-state index in [2.05, 4.69) is 43.9 Å². The van der Waals surface area contributed by atoms with Gasteiger partial charge in [0.1, 0.15) is 12.4 Å². The van der Waals surface area contributed by atoms with Gasteiger partial charge in [-0.15, -0.1) is 12.4 Å². The molecular formula is C14H24ClNO. The van der Waals surface area contributed by atoms with Crippen LogP contribution in [-0.2, 0) is 6.42 Å². The molecule has 1 aromatic rings. The summed E-state index contributed by atoms with van der Waals surface area (Å²) in [6, 6.07) is 8.29. The fraction of sp³-hybridized carbons (Fsp3) is 0.571. The second-order valence-electron chi connectivity index (χ2n) is 3.84. The fourth-order valence-corrected chi connectivity index (χ4v) is 1.76. The Labute approximate surface area is 111 Å². The fourth-order valence-electron chi connectivity index (χ4n) is 1.76. The molecule has 0 saturated carbocycles. The minimum Gasteiger partial charge on any atom is -0.492 e. The first-order valence-corrected chi connectivity index (χ1v) is 6.24. The molecule has 0 saturated heterocycles. The molecule has 0 unspecified atom stereocenters. The highest BCUT2D eigenvalue weighted by molar-refractivity contribution is 5.85. The van der Waals surface area contributed by atoms with Gasteiger partial charge in [-0.05, 0) is 31.1 Å². The van der Waals surface area contributed by atoms with E-state index >= 15 is 0 Å². The van der Waals surface area contributed by atoms with Gasteiger partial charge in [0.05, 0.1) is 0 Å². The van der Waals surface area contributed by atoms with Gasteiger partial charge in [-0.1, -0.05) is 39.0 Å². The molecule has 0 fully saturated rings. The first-order chi connectivity index (χ1) is 7.81. The lowest BCUT2D eigenvalue weighted by Gasteiger charge is -2.18. The van der Waals surface area contributed by atoms with Gasteiger partial charge < -0.3 is 9.64 Å². The third-order valence-electron chi connectivity index (χ3n) is 2.91. The highest BCUT2D eigenvalue weighted by Crippen LogP contribution is 2.17. The summed E-state index contributed by atoms with van der Waals surface area (Å²) in [7, 11) is 0. The number of hydrogen-bond donors (Lipinski definition) is 0. The van der Waals surface area contributed by atoms with Gasteiger partial charge in [0.2, 0.25) is 0 Å². The van der Waals surface area contributed by atoms with Gasteiger partial charge in [0, 0.05) is 6.54 Å². The van der Waals surface area contributed by atoms with Crippen LogP contribution in [-0.4, -0.2) is 31.1 Å². The van der Waals surface area contributed by atoms with Crippen molar-refractivity contribution >= 4 is 12.4 Å². The van der Waals surface area contributed by atoms with Crippen molar-refractivity contribution in [3.63, 3.8) is 0 Å². The summed E-state index contributed by atoms with van der Waals surface area (Å²) in [6.45, 7) is 10.5. The zero-order chi connectivity index (χ0) is 11.8. The highest BCUT2D eigenvalue weighted by atomic mass is 35.5. The number of rotatable bonds is 7. The summed E-state index contributed by atoms with van der Waals surface area (Å²) in [5, 5.41) is 0. The SMILES string of the molecule is CCc1ccccc1OCCN(CC)CC.Cl. The van der Waals surface area contributed by atoms with E-state index in [0.29, 0.717) is 0 Å². The number of likely N-dealkylation sites (N-methyl/N-ethyl adjacent to an activating group) is 1. The summed E-state index contributed by atoms with van der Waals surface area (Å²) in [6.07, 6.45) is 1.03. The van der Waals surface area contributed by atoms with Crippen LogP contribution in [0.15, 0.2) is 24.3 Å². The van der Waals surface area contributed by atoms with Crippen LogP contribution in [0.5, 0.6) is 5.75 Å². The molecule has 0 bridgehead atoms. The molecule has 0 atom stereocenters. The Balaban J connectivity index is 0.00000256. The van der Waals surface area contributed by atoms with Crippen LogP contribution in [0.2, 0.25) is 0 Å². The standard InChI is InChI=1S/C14H23NO.ClH/c1-4-13-9-7-8-10-14(13)16-12-11-15(5-2)6-3;/h7-10H,4-6,11-12H2,1-3H3;1H. The summed E-state index contributed by atoms with van der Waals surface area (Å²) < 4.78 is 5.82. The van der Waals surface area contributed by atoms with Crippen LogP contribution in [0, 0.1) is 0 Å². The molecule has 0 heterocycles. The molecule has 0 aliphatic rings. The maximum Gasteiger partial charge on any atom is 0.122 e. The average molecular weight is 258 g/mol.